The Morgan fingerprint density at radius 2 is 1.81 bits per heavy atom. The maximum atomic E-state index is 13.5. The molecule has 1 fully saturated rings. The third kappa shape index (κ3) is 6.24. The number of ketones is 1. The third-order valence-corrected chi connectivity index (χ3v) is 4.27. The van der Waals surface area contributed by atoms with Gasteiger partial charge in [-0.05, 0) is 12.1 Å². The fourth-order valence-electron chi connectivity index (χ4n) is 2.82. The largest absolute Gasteiger partial charge is 0.405 e. The number of amides is 1. The Morgan fingerprint density at radius 3 is 2.41 bits per heavy atom. The zero-order chi connectivity index (χ0) is 20.0. The van der Waals surface area contributed by atoms with Gasteiger partial charge in [-0.3, -0.25) is 14.5 Å². The van der Waals surface area contributed by atoms with Crippen LogP contribution < -0.4 is 10.6 Å². The number of Topliss-reactive ketones (excluding diaryl/α,β-unsaturated/α-hetero) is 1. The van der Waals surface area contributed by atoms with Crippen molar-refractivity contribution in [3.8, 4) is 0 Å². The maximum absolute atomic E-state index is 13.5. The van der Waals surface area contributed by atoms with Gasteiger partial charge in [-0.15, -0.1) is 0 Å². The second kappa shape index (κ2) is 9.23. The summed E-state index contributed by atoms with van der Waals surface area (Å²) in [7, 11) is 0. The van der Waals surface area contributed by atoms with Crippen LogP contribution in [0.25, 0.3) is 0 Å². The number of benzene rings is 1. The average Bonchev–Trinajstić information content (AvgIpc) is 2.59. The lowest BCUT2D eigenvalue weighted by Gasteiger charge is -2.35. The lowest BCUT2D eigenvalue weighted by atomic mass is 10.1. The summed E-state index contributed by atoms with van der Waals surface area (Å²) in [6, 6.07) is 0.621. The van der Waals surface area contributed by atoms with Crippen LogP contribution in [-0.4, -0.2) is 61.5 Å². The van der Waals surface area contributed by atoms with Gasteiger partial charge in [-0.2, -0.15) is 13.2 Å². The standard InChI is InChI=1S/C17H20F5N3O2/c18-11-1-2-12(13(19)9-11)14(26)3-4-16(27)24-10-15(17(20,21)22)25-7-5-23-6-8-25/h1-2,9,15,23H,3-8,10H2,(H,24,27). The molecule has 1 aromatic rings. The Kier molecular flexibility index (Phi) is 7.25. The van der Waals surface area contributed by atoms with Crippen molar-refractivity contribution in [3.63, 3.8) is 0 Å². The van der Waals surface area contributed by atoms with Gasteiger partial charge < -0.3 is 10.6 Å². The SMILES string of the molecule is O=C(CCC(=O)c1ccc(F)cc1F)NCC(N1CCNCC1)C(F)(F)F. The molecule has 150 valence electrons. The Hall–Kier alpha value is -2.07. The number of hydrogen-bond acceptors (Lipinski definition) is 4. The highest BCUT2D eigenvalue weighted by Crippen LogP contribution is 2.24. The summed E-state index contributed by atoms with van der Waals surface area (Å²) >= 11 is 0. The summed E-state index contributed by atoms with van der Waals surface area (Å²) in [6.07, 6.45) is -5.28. The van der Waals surface area contributed by atoms with Crippen LogP contribution in [0.15, 0.2) is 18.2 Å². The Balaban J connectivity index is 1.85. The monoisotopic (exact) mass is 393 g/mol. The fraction of sp³-hybridized carbons (Fsp3) is 0.529. The van der Waals surface area contributed by atoms with E-state index in [2.05, 4.69) is 10.6 Å². The molecule has 27 heavy (non-hydrogen) atoms. The highest BCUT2D eigenvalue weighted by Gasteiger charge is 2.43. The predicted octanol–water partition coefficient (Wildman–Crippen LogP) is 1.88. The molecule has 1 aliphatic rings. The summed E-state index contributed by atoms with van der Waals surface area (Å²) in [6.45, 7) is 0.655. The first-order chi connectivity index (χ1) is 12.7. The normalized spacial score (nSPS) is 16.8. The van der Waals surface area contributed by atoms with Crippen molar-refractivity contribution in [2.24, 2.45) is 0 Å². The molecule has 0 aliphatic carbocycles. The molecule has 0 radical (unpaired) electrons. The lowest BCUT2D eigenvalue weighted by Crippen LogP contribution is -2.57. The molecule has 0 spiro atoms. The first-order valence-electron chi connectivity index (χ1n) is 8.45. The molecule has 1 saturated heterocycles. The first kappa shape index (κ1) is 21.2. The van der Waals surface area contributed by atoms with E-state index in [1.54, 1.807) is 0 Å². The predicted molar refractivity (Wildman–Crippen MR) is 87.2 cm³/mol. The molecule has 1 aromatic carbocycles. The molecule has 1 heterocycles. The third-order valence-electron chi connectivity index (χ3n) is 4.27. The Bertz CT molecular complexity index is 675. The molecule has 1 amide bonds. The van der Waals surface area contributed by atoms with E-state index < -0.39 is 48.5 Å². The molecule has 2 rings (SSSR count). The van der Waals surface area contributed by atoms with Crippen molar-refractivity contribution < 1.29 is 31.5 Å². The van der Waals surface area contributed by atoms with E-state index in [0.29, 0.717) is 19.2 Å². The summed E-state index contributed by atoms with van der Waals surface area (Å²) in [5.41, 5.74) is -0.363. The minimum absolute atomic E-state index is 0.211. The van der Waals surface area contributed by atoms with Crippen molar-refractivity contribution in [1.29, 1.82) is 0 Å². The van der Waals surface area contributed by atoms with Gasteiger partial charge in [0.1, 0.15) is 17.7 Å². The van der Waals surface area contributed by atoms with Crippen LogP contribution in [0.4, 0.5) is 22.0 Å². The molecule has 0 bridgehead atoms. The topological polar surface area (TPSA) is 61.4 Å². The number of halogens is 5. The van der Waals surface area contributed by atoms with Gasteiger partial charge in [0.2, 0.25) is 5.91 Å². The number of carbonyl (C=O) groups excluding carboxylic acids is 2. The zero-order valence-corrected chi connectivity index (χ0v) is 14.4. The van der Waals surface area contributed by atoms with Crippen LogP contribution >= 0.6 is 0 Å². The molecular formula is C17H20F5N3O2. The van der Waals surface area contributed by atoms with Crippen LogP contribution in [-0.2, 0) is 4.79 Å². The van der Waals surface area contributed by atoms with Crippen molar-refractivity contribution in [2.45, 2.75) is 25.1 Å². The number of piperazine rings is 1. The van der Waals surface area contributed by atoms with Crippen molar-refractivity contribution in [2.75, 3.05) is 32.7 Å². The molecule has 0 aromatic heterocycles. The van der Waals surface area contributed by atoms with E-state index in [1.807, 2.05) is 0 Å². The summed E-state index contributed by atoms with van der Waals surface area (Å²) in [5.74, 6) is -3.35. The van der Waals surface area contributed by atoms with Crippen molar-refractivity contribution in [1.82, 2.24) is 15.5 Å². The molecular weight excluding hydrogens is 373 g/mol. The van der Waals surface area contributed by atoms with E-state index in [0.717, 1.165) is 12.1 Å². The van der Waals surface area contributed by atoms with Gasteiger partial charge >= 0.3 is 6.18 Å². The Labute approximate surface area is 152 Å². The first-order valence-corrected chi connectivity index (χ1v) is 8.45. The average molecular weight is 393 g/mol. The number of hydrogen-bond donors (Lipinski definition) is 2. The summed E-state index contributed by atoms with van der Waals surface area (Å²) in [5, 5.41) is 5.14. The number of carbonyl (C=O) groups is 2. The molecule has 1 atom stereocenters. The second-order valence-corrected chi connectivity index (χ2v) is 6.19. The van der Waals surface area contributed by atoms with Gasteiger partial charge in [0, 0.05) is 51.6 Å². The van der Waals surface area contributed by atoms with E-state index in [1.165, 1.54) is 4.90 Å². The van der Waals surface area contributed by atoms with Gasteiger partial charge in [0.05, 0.1) is 5.56 Å². The van der Waals surface area contributed by atoms with Gasteiger partial charge in [-0.1, -0.05) is 0 Å². The van der Waals surface area contributed by atoms with Gasteiger partial charge in [0.25, 0.3) is 0 Å². The van der Waals surface area contributed by atoms with E-state index in [-0.39, 0.29) is 25.1 Å². The van der Waals surface area contributed by atoms with Gasteiger partial charge in [-0.25, -0.2) is 8.78 Å². The zero-order valence-electron chi connectivity index (χ0n) is 14.4. The number of alkyl halides is 3. The van der Waals surface area contributed by atoms with Crippen LogP contribution in [0.2, 0.25) is 0 Å². The van der Waals surface area contributed by atoms with E-state index >= 15 is 0 Å². The van der Waals surface area contributed by atoms with Crippen LogP contribution in [0.1, 0.15) is 23.2 Å². The van der Waals surface area contributed by atoms with Crippen molar-refractivity contribution >= 4 is 11.7 Å². The molecule has 5 nitrogen and oxygen atoms in total. The van der Waals surface area contributed by atoms with Crippen molar-refractivity contribution in [3.05, 3.63) is 35.4 Å². The smallest absolute Gasteiger partial charge is 0.354 e. The van der Waals surface area contributed by atoms with E-state index in [4.69, 9.17) is 0 Å². The molecule has 1 unspecified atom stereocenters. The number of nitrogens with zero attached hydrogens (tertiary/aromatic N) is 1. The lowest BCUT2D eigenvalue weighted by molar-refractivity contribution is -0.184. The summed E-state index contributed by atoms with van der Waals surface area (Å²) in [4.78, 5) is 25.0. The molecule has 10 heteroatoms. The highest BCUT2D eigenvalue weighted by molar-refractivity contribution is 5.98. The quantitative estimate of drug-likeness (QED) is 0.549. The fourth-order valence-corrected chi connectivity index (χ4v) is 2.82. The molecule has 2 N–H and O–H groups in total. The number of rotatable bonds is 7. The van der Waals surface area contributed by atoms with Crippen LogP contribution in [0, 0.1) is 11.6 Å². The molecule has 0 saturated carbocycles. The Morgan fingerprint density at radius 1 is 1.15 bits per heavy atom. The summed E-state index contributed by atoms with van der Waals surface area (Å²) < 4.78 is 66.0. The minimum atomic E-state index is -4.50. The highest BCUT2D eigenvalue weighted by atomic mass is 19.4. The van der Waals surface area contributed by atoms with Crippen LogP contribution in [0.5, 0.6) is 0 Å². The maximum Gasteiger partial charge on any atom is 0.405 e. The second-order valence-electron chi connectivity index (χ2n) is 6.19. The minimum Gasteiger partial charge on any atom is -0.354 e. The number of nitrogens with one attached hydrogen (secondary N) is 2. The van der Waals surface area contributed by atoms with Crippen LogP contribution in [0.3, 0.4) is 0 Å². The van der Waals surface area contributed by atoms with E-state index in [9.17, 15) is 31.5 Å². The molecule has 1 aliphatic heterocycles. The van der Waals surface area contributed by atoms with Gasteiger partial charge in [0.15, 0.2) is 5.78 Å².